The Balaban J connectivity index is 1.93. The second-order valence-corrected chi connectivity index (χ2v) is 6.86. The molecule has 0 heterocycles. The Kier molecular flexibility index (Phi) is 6.30. The molecule has 0 aliphatic carbocycles. The minimum Gasteiger partial charge on any atom is -0.452 e. The van der Waals surface area contributed by atoms with Gasteiger partial charge in [-0.15, -0.1) is 0 Å². The third-order valence-corrected chi connectivity index (χ3v) is 4.39. The first kappa shape index (κ1) is 18.7. The van der Waals surface area contributed by atoms with E-state index in [0.29, 0.717) is 10.6 Å². The van der Waals surface area contributed by atoms with Crippen LogP contribution in [0.5, 0.6) is 0 Å². The van der Waals surface area contributed by atoms with E-state index in [1.165, 1.54) is 12.3 Å². The first-order chi connectivity index (χ1) is 11.9. The van der Waals surface area contributed by atoms with Gasteiger partial charge in [0, 0.05) is 31.7 Å². The van der Waals surface area contributed by atoms with E-state index in [1.807, 2.05) is 31.1 Å². The molecule has 1 atom stereocenters. The van der Waals surface area contributed by atoms with Crippen LogP contribution < -0.4 is 10.2 Å². The summed E-state index contributed by atoms with van der Waals surface area (Å²) in [4.78, 5) is 26.4. The number of amides is 1. The van der Waals surface area contributed by atoms with Crippen LogP contribution >= 0.6 is 0 Å². The molecule has 0 bridgehead atoms. The molecule has 2 aromatic carbocycles. The van der Waals surface area contributed by atoms with Gasteiger partial charge in [0.2, 0.25) is 0 Å². The van der Waals surface area contributed by atoms with Crippen LogP contribution in [0.3, 0.4) is 0 Å². The molecular formula is C18H20N2O4S. The van der Waals surface area contributed by atoms with Crippen LogP contribution in [0.25, 0.3) is 0 Å². The first-order valence-corrected chi connectivity index (χ1v) is 9.11. The van der Waals surface area contributed by atoms with E-state index in [2.05, 4.69) is 5.32 Å². The Bertz CT molecular complexity index is 788. The predicted octanol–water partition coefficient (Wildman–Crippen LogP) is 2.29. The minimum atomic E-state index is -1.32. The Morgan fingerprint density at radius 1 is 1.08 bits per heavy atom. The fraction of sp³-hybridized carbons (Fsp3) is 0.222. The molecule has 0 unspecified atom stereocenters. The SMILES string of the molecule is CN(C)c1ccc(NC(=O)COC(=O)c2ccccc2[S@](C)=O)cc1. The summed E-state index contributed by atoms with van der Waals surface area (Å²) in [6.45, 7) is -0.418. The zero-order valence-corrected chi connectivity index (χ0v) is 15.1. The molecule has 132 valence electrons. The average Bonchev–Trinajstić information content (AvgIpc) is 2.60. The Morgan fingerprint density at radius 3 is 2.32 bits per heavy atom. The summed E-state index contributed by atoms with van der Waals surface area (Å²) in [5.74, 6) is -1.12. The highest BCUT2D eigenvalue weighted by atomic mass is 32.2. The number of nitrogens with zero attached hydrogens (tertiary/aromatic N) is 1. The van der Waals surface area contributed by atoms with Crippen LogP contribution in [-0.2, 0) is 20.3 Å². The Labute approximate surface area is 149 Å². The topological polar surface area (TPSA) is 75.7 Å². The third kappa shape index (κ3) is 5.15. The number of hydrogen-bond acceptors (Lipinski definition) is 5. The molecule has 0 saturated heterocycles. The molecule has 7 heteroatoms. The molecule has 0 aliphatic heterocycles. The summed E-state index contributed by atoms with van der Waals surface area (Å²) in [6.07, 6.45) is 1.48. The van der Waals surface area contributed by atoms with Gasteiger partial charge in [-0.25, -0.2) is 4.79 Å². The molecule has 0 saturated carbocycles. The van der Waals surface area contributed by atoms with Crippen LogP contribution in [0.15, 0.2) is 53.4 Å². The summed E-state index contributed by atoms with van der Waals surface area (Å²) < 4.78 is 16.7. The van der Waals surface area contributed by atoms with Gasteiger partial charge in [-0.1, -0.05) is 12.1 Å². The van der Waals surface area contributed by atoms with Crippen molar-refractivity contribution in [2.75, 3.05) is 37.2 Å². The Hall–Kier alpha value is -2.67. The predicted molar refractivity (Wildman–Crippen MR) is 98.5 cm³/mol. The number of carbonyl (C=O) groups excluding carboxylic acids is 2. The van der Waals surface area contributed by atoms with E-state index in [1.54, 1.807) is 30.3 Å². The lowest BCUT2D eigenvalue weighted by atomic mass is 10.2. The highest BCUT2D eigenvalue weighted by molar-refractivity contribution is 7.84. The van der Waals surface area contributed by atoms with Crippen molar-refractivity contribution in [1.82, 2.24) is 0 Å². The van der Waals surface area contributed by atoms with E-state index in [-0.39, 0.29) is 5.56 Å². The minimum absolute atomic E-state index is 0.200. The number of ether oxygens (including phenoxy) is 1. The van der Waals surface area contributed by atoms with Gasteiger partial charge in [0.1, 0.15) is 0 Å². The van der Waals surface area contributed by atoms with Crippen LogP contribution in [0.4, 0.5) is 11.4 Å². The van der Waals surface area contributed by atoms with Crippen LogP contribution in [-0.4, -0.2) is 43.0 Å². The van der Waals surface area contributed by atoms with Gasteiger partial charge < -0.3 is 15.0 Å². The standard InChI is InChI=1S/C18H20N2O4S/c1-20(2)14-10-8-13(9-11-14)19-17(21)12-24-18(22)15-6-4-5-7-16(15)25(3)23/h4-11H,12H2,1-3H3,(H,19,21)/t25-/m0/s1. The number of nitrogens with one attached hydrogen (secondary N) is 1. The molecule has 2 aromatic rings. The van der Waals surface area contributed by atoms with Crippen LogP contribution in [0.2, 0.25) is 0 Å². The van der Waals surface area contributed by atoms with Crippen molar-refractivity contribution < 1.29 is 18.5 Å². The van der Waals surface area contributed by atoms with Crippen molar-refractivity contribution in [3.63, 3.8) is 0 Å². The molecule has 2 rings (SSSR count). The molecule has 0 aromatic heterocycles. The van der Waals surface area contributed by atoms with Gasteiger partial charge in [-0.3, -0.25) is 9.00 Å². The summed E-state index contributed by atoms with van der Waals surface area (Å²) in [6, 6.07) is 13.7. The molecular weight excluding hydrogens is 340 g/mol. The molecule has 6 nitrogen and oxygen atoms in total. The lowest BCUT2D eigenvalue weighted by Gasteiger charge is -2.13. The number of carbonyl (C=O) groups is 2. The van der Waals surface area contributed by atoms with E-state index in [4.69, 9.17) is 4.74 Å². The number of rotatable bonds is 6. The lowest BCUT2D eigenvalue weighted by molar-refractivity contribution is -0.119. The van der Waals surface area contributed by atoms with E-state index in [0.717, 1.165) is 5.69 Å². The number of anilines is 2. The van der Waals surface area contributed by atoms with Gasteiger partial charge in [-0.2, -0.15) is 0 Å². The second-order valence-electron chi connectivity index (χ2n) is 5.52. The second kappa shape index (κ2) is 8.43. The summed E-state index contributed by atoms with van der Waals surface area (Å²) in [7, 11) is 2.53. The highest BCUT2D eigenvalue weighted by Crippen LogP contribution is 2.16. The maximum Gasteiger partial charge on any atom is 0.339 e. The fourth-order valence-corrected chi connectivity index (χ4v) is 2.87. The van der Waals surface area contributed by atoms with Crippen molar-refractivity contribution >= 4 is 34.1 Å². The van der Waals surface area contributed by atoms with Gasteiger partial charge >= 0.3 is 5.97 Å². The largest absolute Gasteiger partial charge is 0.452 e. The quantitative estimate of drug-likeness (QED) is 0.800. The van der Waals surface area contributed by atoms with Crippen molar-refractivity contribution in [1.29, 1.82) is 0 Å². The lowest BCUT2D eigenvalue weighted by Crippen LogP contribution is -2.21. The summed E-state index contributed by atoms with van der Waals surface area (Å²) >= 11 is 0. The van der Waals surface area contributed by atoms with E-state index >= 15 is 0 Å². The molecule has 0 spiro atoms. The fourth-order valence-electron chi connectivity index (χ4n) is 2.13. The number of esters is 1. The monoisotopic (exact) mass is 360 g/mol. The van der Waals surface area contributed by atoms with Crippen molar-refractivity contribution in [3.05, 3.63) is 54.1 Å². The van der Waals surface area contributed by atoms with Crippen molar-refractivity contribution in [2.45, 2.75) is 4.90 Å². The van der Waals surface area contributed by atoms with Crippen LogP contribution in [0, 0.1) is 0 Å². The highest BCUT2D eigenvalue weighted by Gasteiger charge is 2.16. The summed E-state index contributed by atoms with van der Waals surface area (Å²) in [5, 5.41) is 2.66. The maximum atomic E-state index is 12.1. The molecule has 25 heavy (non-hydrogen) atoms. The number of benzene rings is 2. The summed E-state index contributed by atoms with van der Waals surface area (Å²) in [5.41, 5.74) is 1.82. The zero-order chi connectivity index (χ0) is 18.4. The molecule has 0 aliphatic rings. The van der Waals surface area contributed by atoms with Gasteiger partial charge in [0.05, 0.1) is 21.3 Å². The average molecular weight is 360 g/mol. The zero-order valence-electron chi connectivity index (χ0n) is 14.3. The Morgan fingerprint density at radius 2 is 1.72 bits per heavy atom. The first-order valence-electron chi connectivity index (χ1n) is 7.55. The molecule has 0 radical (unpaired) electrons. The number of hydrogen-bond donors (Lipinski definition) is 1. The van der Waals surface area contributed by atoms with E-state index in [9.17, 15) is 13.8 Å². The maximum absolute atomic E-state index is 12.1. The van der Waals surface area contributed by atoms with Crippen LogP contribution in [0.1, 0.15) is 10.4 Å². The van der Waals surface area contributed by atoms with E-state index < -0.39 is 29.3 Å². The molecule has 1 N–H and O–H groups in total. The molecule has 1 amide bonds. The smallest absolute Gasteiger partial charge is 0.339 e. The van der Waals surface area contributed by atoms with Crippen molar-refractivity contribution in [3.8, 4) is 0 Å². The van der Waals surface area contributed by atoms with Gasteiger partial charge in [0.25, 0.3) is 5.91 Å². The molecule has 0 fully saturated rings. The third-order valence-electron chi connectivity index (χ3n) is 3.42. The normalized spacial score (nSPS) is 11.5. The van der Waals surface area contributed by atoms with Gasteiger partial charge in [0.15, 0.2) is 6.61 Å². The van der Waals surface area contributed by atoms with Gasteiger partial charge in [-0.05, 0) is 36.4 Å². The van der Waals surface area contributed by atoms with Crippen molar-refractivity contribution in [2.24, 2.45) is 0 Å².